The van der Waals surface area contributed by atoms with Crippen LogP contribution in [0.2, 0.25) is 0 Å². The number of methoxy groups -OCH3 is 2. The molecule has 3 heterocycles. The number of para-hydroxylation sites is 2. The van der Waals surface area contributed by atoms with Gasteiger partial charge in [-0.2, -0.15) is 0 Å². The van der Waals surface area contributed by atoms with E-state index in [1.165, 1.54) is 0 Å². The second-order valence-electron chi connectivity index (χ2n) is 10.8. The van der Waals surface area contributed by atoms with Crippen LogP contribution in [0.3, 0.4) is 0 Å². The van der Waals surface area contributed by atoms with Crippen molar-refractivity contribution in [3.63, 3.8) is 0 Å². The van der Waals surface area contributed by atoms with Crippen LogP contribution >= 0.6 is 0 Å². The van der Waals surface area contributed by atoms with Gasteiger partial charge in [0.2, 0.25) is 5.91 Å². The van der Waals surface area contributed by atoms with Gasteiger partial charge in [0.25, 0.3) is 0 Å². The highest BCUT2D eigenvalue weighted by Gasteiger charge is 2.70. The van der Waals surface area contributed by atoms with Gasteiger partial charge in [0, 0.05) is 22.5 Å². The standard InChI is InChI=1S/C35H28N2O5/c1-41-24-17-14-22(15-18-24)33(39)31-30(32(38)23-9-7-10-25(20-23)42-2)35(26-11-4-5-12-27(26)36-34(35)40)29-19-16-21-8-3-6-13-28(21)37(29)31/h3-20,29-31H,1-2H3,(H,36,40)/t29-,30+,31+,35-/m1/s1. The number of Topliss-reactive ketones (excluding diaryl/α,β-unsaturated/α-hetero) is 2. The predicted octanol–water partition coefficient (Wildman–Crippen LogP) is 5.56. The Morgan fingerprint density at radius 1 is 0.786 bits per heavy atom. The van der Waals surface area contributed by atoms with Crippen LogP contribution in [0.5, 0.6) is 11.5 Å². The third-order valence-corrected chi connectivity index (χ3v) is 8.82. The Morgan fingerprint density at radius 2 is 1.52 bits per heavy atom. The minimum Gasteiger partial charge on any atom is -0.497 e. The first kappa shape index (κ1) is 25.8. The monoisotopic (exact) mass is 556 g/mol. The van der Waals surface area contributed by atoms with E-state index in [2.05, 4.69) is 5.32 Å². The molecule has 208 valence electrons. The van der Waals surface area contributed by atoms with Crippen LogP contribution in [0, 0.1) is 5.92 Å². The number of fused-ring (bicyclic) bond motifs is 6. The van der Waals surface area contributed by atoms with Gasteiger partial charge in [0.1, 0.15) is 23.0 Å². The molecule has 0 unspecified atom stereocenters. The SMILES string of the molecule is COc1ccc(C(=O)[C@@H]2[C@@H](C(=O)c3cccc(OC)c3)[C@]3(C(=O)Nc4ccccc43)[C@H]3C=Cc4ccccc4N23)cc1. The summed E-state index contributed by atoms with van der Waals surface area (Å²) in [5.74, 6) is -0.759. The molecule has 4 aromatic rings. The number of nitrogens with one attached hydrogen (secondary N) is 1. The van der Waals surface area contributed by atoms with Crippen LogP contribution in [0.25, 0.3) is 6.08 Å². The average Bonchev–Trinajstić information content (AvgIpc) is 3.52. The molecule has 3 aliphatic heterocycles. The molecule has 4 aromatic carbocycles. The van der Waals surface area contributed by atoms with Crippen LogP contribution in [0.1, 0.15) is 31.8 Å². The Bertz CT molecular complexity index is 1780. The van der Waals surface area contributed by atoms with Crippen LogP contribution in [-0.4, -0.2) is 43.8 Å². The zero-order chi connectivity index (χ0) is 29.0. The number of ketones is 2. The minimum absolute atomic E-state index is 0.247. The third-order valence-electron chi connectivity index (χ3n) is 8.82. The van der Waals surface area contributed by atoms with E-state index in [0.29, 0.717) is 33.9 Å². The van der Waals surface area contributed by atoms with Crippen molar-refractivity contribution in [2.45, 2.75) is 17.5 Å². The van der Waals surface area contributed by atoms with Crippen LogP contribution in [0.4, 0.5) is 11.4 Å². The molecular weight excluding hydrogens is 528 g/mol. The number of benzene rings is 4. The molecule has 1 N–H and O–H groups in total. The van der Waals surface area contributed by atoms with Gasteiger partial charge in [0.15, 0.2) is 11.6 Å². The lowest BCUT2D eigenvalue weighted by atomic mass is 9.64. The number of rotatable bonds is 6. The minimum atomic E-state index is -1.37. The first-order chi connectivity index (χ1) is 20.5. The van der Waals surface area contributed by atoms with E-state index in [-0.39, 0.29) is 17.5 Å². The number of hydrogen-bond acceptors (Lipinski definition) is 6. The van der Waals surface area contributed by atoms with Crippen molar-refractivity contribution in [2.75, 3.05) is 24.4 Å². The number of carbonyl (C=O) groups is 3. The fourth-order valence-corrected chi connectivity index (χ4v) is 7.00. The van der Waals surface area contributed by atoms with Gasteiger partial charge in [-0.05, 0) is 59.7 Å². The molecule has 1 fully saturated rings. The number of ether oxygens (including phenoxy) is 2. The summed E-state index contributed by atoms with van der Waals surface area (Å²) in [6.07, 6.45) is 3.96. The molecule has 0 radical (unpaired) electrons. The molecule has 0 aliphatic carbocycles. The fraction of sp³-hybridized carbons (Fsp3) is 0.171. The lowest BCUT2D eigenvalue weighted by molar-refractivity contribution is -0.121. The summed E-state index contributed by atoms with van der Waals surface area (Å²) in [7, 11) is 3.11. The van der Waals surface area contributed by atoms with Gasteiger partial charge in [-0.15, -0.1) is 0 Å². The van der Waals surface area contributed by atoms with Crippen molar-refractivity contribution in [3.05, 3.63) is 125 Å². The maximum absolute atomic E-state index is 14.9. The quantitative estimate of drug-likeness (QED) is 0.313. The van der Waals surface area contributed by atoms with Crippen molar-refractivity contribution in [2.24, 2.45) is 5.92 Å². The van der Waals surface area contributed by atoms with E-state index in [1.54, 1.807) is 62.8 Å². The highest BCUT2D eigenvalue weighted by atomic mass is 16.5. The number of hydrogen-bond donors (Lipinski definition) is 1. The molecule has 0 bridgehead atoms. The molecule has 0 aromatic heterocycles. The largest absolute Gasteiger partial charge is 0.497 e. The molecule has 7 rings (SSSR count). The van der Waals surface area contributed by atoms with Crippen molar-refractivity contribution in [3.8, 4) is 11.5 Å². The number of carbonyl (C=O) groups excluding carboxylic acids is 3. The maximum atomic E-state index is 14.9. The Labute approximate surface area is 243 Å². The number of amides is 1. The van der Waals surface area contributed by atoms with E-state index in [1.807, 2.05) is 65.6 Å². The molecule has 7 heteroatoms. The van der Waals surface area contributed by atoms with Crippen molar-refractivity contribution in [1.29, 1.82) is 0 Å². The van der Waals surface area contributed by atoms with Crippen LogP contribution < -0.4 is 19.7 Å². The van der Waals surface area contributed by atoms with Crippen molar-refractivity contribution in [1.82, 2.24) is 0 Å². The molecule has 4 atom stereocenters. The maximum Gasteiger partial charge on any atom is 0.238 e. The first-order valence-corrected chi connectivity index (χ1v) is 13.8. The van der Waals surface area contributed by atoms with Gasteiger partial charge in [-0.1, -0.05) is 60.7 Å². The molecule has 42 heavy (non-hydrogen) atoms. The summed E-state index contributed by atoms with van der Waals surface area (Å²) in [6, 6.07) is 27.5. The summed E-state index contributed by atoms with van der Waals surface area (Å²) in [5, 5.41) is 3.06. The van der Waals surface area contributed by atoms with Gasteiger partial charge in [-0.3, -0.25) is 14.4 Å². The molecule has 1 spiro atoms. The van der Waals surface area contributed by atoms with E-state index in [4.69, 9.17) is 9.47 Å². The highest BCUT2D eigenvalue weighted by Crippen LogP contribution is 2.58. The molecular formula is C35H28N2O5. The normalized spacial score (nSPS) is 23.1. The van der Waals surface area contributed by atoms with E-state index >= 15 is 0 Å². The second kappa shape index (κ2) is 9.73. The first-order valence-electron chi connectivity index (χ1n) is 13.8. The molecule has 0 saturated carbocycles. The second-order valence-corrected chi connectivity index (χ2v) is 10.8. The molecule has 1 amide bonds. The summed E-state index contributed by atoms with van der Waals surface area (Å²) >= 11 is 0. The average molecular weight is 557 g/mol. The van der Waals surface area contributed by atoms with Gasteiger partial charge in [-0.25, -0.2) is 0 Å². The lowest BCUT2D eigenvalue weighted by Gasteiger charge is -2.37. The summed E-state index contributed by atoms with van der Waals surface area (Å²) in [4.78, 5) is 46.0. The smallest absolute Gasteiger partial charge is 0.238 e. The van der Waals surface area contributed by atoms with Gasteiger partial charge < -0.3 is 19.7 Å². The number of nitrogens with zero attached hydrogens (tertiary/aromatic N) is 1. The lowest BCUT2D eigenvalue weighted by Crippen LogP contribution is -2.51. The van der Waals surface area contributed by atoms with E-state index < -0.39 is 23.4 Å². The predicted molar refractivity (Wildman–Crippen MR) is 160 cm³/mol. The fourth-order valence-electron chi connectivity index (χ4n) is 7.00. The highest BCUT2D eigenvalue weighted by molar-refractivity contribution is 6.18. The van der Waals surface area contributed by atoms with Crippen LogP contribution in [-0.2, 0) is 10.2 Å². The van der Waals surface area contributed by atoms with Crippen molar-refractivity contribution >= 4 is 34.9 Å². The molecule has 1 saturated heterocycles. The van der Waals surface area contributed by atoms with E-state index in [0.717, 1.165) is 11.3 Å². The topological polar surface area (TPSA) is 84.9 Å². The van der Waals surface area contributed by atoms with Gasteiger partial charge in [0.05, 0.1) is 26.2 Å². The summed E-state index contributed by atoms with van der Waals surface area (Å²) in [6.45, 7) is 0. The summed E-state index contributed by atoms with van der Waals surface area (Å²) in [5.41, 5.74) is 2.51. The Balaban J connectivity index is 1.52. The Kier molecular flexibility index (Phi) is 5.97. The molecule has 3 aliphatic rings. The molecule has 7 nitrogen and oxygen atoms in total. The van der Waals surface area contributed by atoms with Crippen LogP contribution in [0.15, 0.2) is 103 Å². The van der Waals surface area contributed by atoms with E-state index in [9.17, 15) is 14.4 Å². The van der Waals surface area contributed by atoms with Crippen molar-refractivity contribution < 1.29 is 23.9 Å². The Hall–Kier alpha value is -5.17. The number of anilines is 2. The summed E-state index contributed by atoms with van der Waals surface area (Å²) < 4.78 is 10.8. The Morgan fingerprint density at radius 3 is 2.31 bits per heavy atom. The zero-order valence-electron chi connectivity index (χ0n) is 23.1. The third kappa shape index (κ3) is 3.56. The zero-order valence-corrected chi connectivity index (χ0v) is 23.1. The van der Waals surface area contributed by atoms with Gasteiger partial charge >= 0.3 is 0 Å².